The molecule has 0 aliphatic carbocycles. The van der Waals surface area contributed by atoms with E-state index >= 15 is 0 Å². The van der Waals surface area contributed by atoms with Gasteiger partial charge in [0.25, 0.3) is 0 Å². The van der Waals surface area contributed by atoms with Crippen LogP contribution >= 0.6 is 0 Å². The van der Waals surface area contributed by atoms with Crippen molar-refractivity contribution in [2.75, 3.05) is 25.1 Å². The van der Waals surface area contributed by atoms with Gasteiger partial charge in [-0.1, -0.05) is 0 Å². The minimum atomic E-state index is -0.476. The second kappa shape index (κ2) is 10.6. The molecule has 1 aliphatic heterocycles. The third-order valence-corrected chi connectivity index (χ3v) is 5.07. The quantitative estimate of drug-likeness (QED) is 0.498. The Morgan fingerprint density at radius 1 is 1.30 bits per heavy atom. The summed E-state index contributed by atoms with van der Waals surface area (Å²) in [6.07, 6.45) is 3.31. The molecule has 3 heterocycles. The number of carbonyl (C=O) groups is 1. The largest absolute Gasteiger partial charge is 0.489 e. The summed E-state index contributed by atoms with van der Waals surface area (Å²) in [6, 6.07) is 11.1. The molecule has 4 rings (SSSR count). The number of ether oxygens (including phenoxy) is 3. The number of hydrogen-bond acceptors (Lipinski definition) is 9. The maximum Gasteiger partial charge on any atom is 0.358 e. The van der Waals surface area contributed by atoms with E-state index in [0.717, 1.165) is 18.4 Å². The summed E-state index contributed by atoms with van der Waals surface area (Å²) in [5.74, 6) is 0.494. The third-order valence-electron chi connectivity index (χ3n) is 5.07. The first-order valence-electron chi connectivity index (χ1n) is 10.7. The van der Waals surface area contributed by atoms with Crippen molar-refractivity contribution < 1.29 is 19.0 Å². The zero-order valence-corrected chi connectivity index (χ0v) is 18.2. The molecule has 0 atom stereocenters. The van der Waals surface area contributed by atoms with E-state index in [0.29, 0.717) is 48.4 Å². The Kier molecular flexibility index (Phi) is 7.12. The molecule has 10 nitrogen and oxygen atoms in total. The van der Waals surface area contributed by atoms with Crippen molar-refractivity contribution in [2.45, 2.75) is 32.4 Å². The number of carbonyl (C=O) groups excluding carboxylic acids is 1. The van der Waals surface area contributed by atoms with Gasteiger partial charge in [0.1, 0.15) is 17.9 Å². The average Bonchev–Trinajstić information content (AvgIpc) is 3.33. The van der Waals surface area contributed by atoms with Crippen LogP contribution in [-0.4, -0.2) is 52.1 Å². The summed E-state index contributed by atoms with van der Waals surface area (Å²) in [5.41, 5.74) is 2.81. The summed E-state index contributed by atoms with van der Waals surface area (Å²) in [6.45, 7) is 3.71. The summed E-state index contributed by atoms with van der Waals surface area (Å²) < 4.78 is 16.3. The fourth-order valence-electron chi connectivity index (χ4n) is 3.39. The first kappa shape index (κ1) is 22.2. The lowest BCUT2D eigenvalue weighted by Gasteiger charge is -2.23. The van der Waals surface area contributed by atoms with Crippen molar-refractivity contribution in [1.29, 1.82) is 5.26 Å². The number of nitrogens with zero attached hydrogens (tertiary/aromatic N) is 4. The summed E-state index contributed by atoms with van der Waals surface area (Å²) in [7, 11) is 0. The molecule has 33 heavy (non-hydrogen) atoms. The van der Waals surface area contributed by atoms with Gasteiger partial charge >= 0.3 is 5.97 Å². The van der Waals surface area contributed by atoms with Gasteiger partial charge in [-0.2, -0.15) is 10.4 Å². The van der Waals surface area contributed by atoms with Crippen LogP contribution in [0.15, 0.2) is 36.5 Å². The Hall–Kier alpha value is -3.97. The standard InChI is InChI=1S/C23H24N6O4/c1-2-32-22(30)20-12-17(28-29-20)14-26-23-25-8-5-19(27-23)15-3-4-21(16(11-15)13-24)33-18-6-9-31-10-7-18/h3-5,8,11-12,18H,2,6-7,9-10,14H2,1H3,(H,28,29)(H,25,26,27). The highest BCUT2D eigenvalue weighted by Gasteiger charge is 2.18. The summed E-state index contributed by atoms with van der Waals surface area (Å²) >= 11 is 0. The number of aromatic amines is 1. The van der Waals surface area contributed by atoms with Gasteiger partial charge in [-0.3, -0.25) is 5.10 Å². The van der Waals surface area contributed by atoms with E-state index in [9.17, 15) is 10.1 Å². The lowest BCUT2D eigenvalue weighted by atomic mass is 10.1. The average molecular weight is 448 g/mol. The number of rotatable bonds is 8. The van der Waals surface area contributed by atoms with Gasteiger partial charge in [-0.15, -0.1) is 0 Å². The summed E-state index contributed by atoms with van der Waals surface area (Å²) in [4.78, 5) is 20.5. The molecule has 170 valence electrons. The Balaban J connectivity index is 1.44. The van der Waals surface area contributed by atoms with Gasteiger partial charge in [0.2, 0.25) is 5.95 Å². The zero-order chi connectivity index (χ0) is 23.0. The monoisotopic (exact) mass is 448 g/mol. The molecule has 0 spiro atoms. The molecule has 0 unspecified atom stereocenters. The van der Waals surface area contributed by atoms with Crippen molar-refractivity contribution in [3.05, 3.63) is 53.5 Å². The summed E-state index contributed by atoms with van der Waals surface area (Å²) in [5, 5.41) is 19.5. The second-order valence-electron chi connectivity index (χ2n) is 7.37. The van der Waals surface area contributed by atoms with Crippen LogP contribution in [0.1, 0.15) is 41.5 Å². The molecule has 1 fully saturated rings. The van der Waals surface area contributed by atoms with Gasteiger partial charge in [-0.25, -0.2) is 14.8 Å². The van der Waals surface area contributed by atoms with E-state index in [4.69, 9.17) is 14.2 Å². The minimum Gasteiger partial charge on any atom is -0.489 e. The van der Waals surface area contributed by atoms with Crippen LogP contribution in [0.5, 0.6) is 5.75 Å². The lowest BCUT2D eigenvalue weighted by Crippen LogP contribution is -2.26. The SMILES string of the molecule is CCOC(=O)c1cc(CNc2nccc(-c3ccc(OC4CCOCC4)c(C#N)c3)n2)[nH]n1. The van der Waals surface area contributed by atoms with Crippen molar-refractivity contribution >= 4 is 11.9 Å². The number of hydrogen-bond donors (Lipinski definition) is 2. The molecule has 10 heteroatoms. The molecule has 1 aliphatic rings. The van der Waals surface area contributed by atoms with E-state index in [1.54, 1.807) is 37.4 Å². The molecular weight excluding hydrogens is 424 g/mol. The molecule has 0 saturated carbocycles. The van der Waals surface area contributed by atoms with E-state index in [1.807, 2.05) is 6.07 Å². The highest BCUT2D eigenvalue weighted by molar-refractivity contribution is 5.87. The van der Waals surface area contributed by atoms with Crippen LogP contribution in [0.25, 0.3) is 11.3 Å². The Bertz CT molecular complexity index is 1150. The van der Waals surface area contributed by atoms with Gasteiger partial charge < -0.3 is 19.5 Å². The Morgan fingerprint density at radius 2 is 2.15 bits per heavy atom. The Labute approximate surface area is 190 Å². The molecule has 0 amide bonds. The first-order valence-corrected chi connectivity index (χ1v) is 10.7. The highest BCUT2D eigenvalue weighted by Crippen LogP contribution is 2.27. The van der Waals surface area contributed by atoms with E-state index in [2.05, 4.69) is 31.6 Å². The molecule has 1 saturated heterocycles. The van der Waals surface area contributed by atoms with Gasteiger partial charge in [-0.05, 0) is 37.3 Å². The normalized spacial score (nSPS) is 13.8. The van der Waals surface area contributed by atoms with Crippen molar-refractivity contribution in [1.82, 2.24) is 20.2 Å². The van der Waals surface area contributed by atoms with Crippen LogP contribution < -0.4 is 10.1 Å². The number of nitriles is 1. The predicted molar refractivity (Wildman–Crippen MR) is 119 cm³/mol. The number of esters is 1. The second-order valence-corrected chi connectivity index (χ2v) is 7.37. The number of anilines is 1. The van der Waals surface area contributed by atoms with Crippen LogP contribution in [0, 0.1) is 11.3 Å². The van der Waals surface area contributed by atoms with Crippen LogP contribution in [-0.2, 0) is 16.0 Å². The van der Waals surface area contributed by atoms with Gasteiger partial charge in [0.05, 0.1) is 43.3 Å². The first-order chi connectivity index (χ1) is 16.2. The van der Waals surface area contributed by atoms with Crippen molar-refractivity contribution in [3.8, 4) is 23.1 Å². The van der Waals surface area contributed by atoms with Gasteiger partial charge in [0.15, 0.2) is 5.69 Å². The third kappa shape index (κ3) is 5.64. The molecule has 0 radical (unpaired) electrons. The smallest absolute Gasteiger partial charge is 0.358 e. The number of aromatic nitrogens is 4. The molecule has 0 bridgehead atoms. The number of H-pyrrole nitrogens is 1. The van der Waals surface area contributed by atoms with E-state index in [1.165, 1.54) is 0 Å². The van der Waals surface area contributed by atoms with E-state index < -0.39 is 5.97 Å². The predicted octanol–water partition coefficient (Wildman–Crippen LogP) is 3.08. The Morgan fingerprint density at radius 3 is 2.94 bits per heavy atom. The van der Waals surface area contributed by atoms with Crippen LogP contribution in [0.3, 0.4) is 0 Å². The number of benzene rings is 1. The topological polar surface area (TPSA) is 135 Å². The molecule has 1 aromatic carbocycles. The van der Waals surface area contributed by atoms with Gasteiger partial charge in [0, 0.05) is 24.6 Å². The highest BCUT2D eigenvalue weighted by atomic mass is 16.5. The van der Waals surface area contributed by atoms with Crippen molar-refractivity contribution in [3.63, 3.8) is 0 Å². The molecule has 3 aromatic rings. The maximum atomic E-state index is 11.7. The molecular formula is C23H24N6O4. The minimum absolute atomic E-state index is 0.0541. The van der Waals surface area contributed by atoms with Crippen LogP contribution in [0.4, 0.5) is 5.95 Å². The van der Waals surface area contributed by atoms with Crippen molar-refractivity contribution in [2.24, 2.45) is 0 Å². The zero-order valence-electron chi connectivity index (χ0n) is 18.2. The number of nitrogens with one attached hydrogen (secondary N) is 2. The fourth-order valence-corrected chi connectivity index (χ4v) is 3.39. The molecule has 2 aromatic heterocycles. The maximum absolute atomic E-state index is 11.7. The van der Waals surface area contributed by atoms with Crippen LogP contribution in [0.2, 0.25) is 0 Å². The lowest BCUT2D eigenvalue weighted by molar-refractivity contribution is 0.0254. The van der Waals surface area contributed by atoms with E-state index in [-0.39, 0.29) is 18.4 Å². The fraction of sp³-hybridized carbons (Fsp3) is 0.348. The molecule has 2 N–H and O–H groups in total.